The zero-order chi connectivity index (χ0) is 14.0. The van der Waals surface area contributed by atoms with Gasteiger partial charge in [-0.05, 0) is 65.9 Å². The van der Waals surface area contributed by atoms with Crippen molar-refractivity contribution in [2.45, 2.75) is 52.1 Å². The number of aromatic nitrogens is 1. The van der Waals surface area contributed by atoms with E-state index in [0.717, 1.165) is 12.2 Å². The van der Waals surface area contributed by atoms with Crippen molar-refractivity contribution < 1.29 is 0 Å². The standard InChI is InChI=1S/C15H27N3/c1-8-14(2,3)17-13-11-12(9-10-16-13)15(4,5)18(6)7/h9-11H,8H2,1-7H3,(H,16,17). The fraction of sp³-hybridized carbons (Fsp3) is 0.667. The Bertz CT molecular complexity index is 394. The molecule has 1 heterocycles. The molecule has 0 aliphatic heterocycles. The normalized spacial score (nSPS) is 12.9. The van der Waals surface area contributed by atoms with E-state index < -0.39 is 0 Å². The first-order chi connectivity index (χ1) is 8.19. The second-order valence-electron chi connectivity index (χ2n) is 6.25. The van der Waals surface area contributed by atoms with E-state index in [4.69, 9.17) is 0 Å². The second-order valence-corrected chi connectivity index (χ2v) is 6.25. The topological polar surface area (TPSA) is 28.2 Å². The summed E-state index contributed by atoms with van der Waals surface area (Å²) in [4.78, 5) is 6.64. The van der Waals surface area contributed by atoms with Crippen LogP contribution in [0.5, 0.6) is 0 Å². The summed E-state index contributed by atoms with van der Waals surface area (Å²) < 4.78 is 0. The minimum atomic E-state index is 0.00965. The fourth-order valence-electron chi connectivity index (χ4n) is 1.57. The van der Waals surface area contributed by atoms with Crippen LogP contribution < -0.4 is 5.32 Å². The van der Waals surface area contributed by atoms with Crippen LogP contribution in [0.1, 0.15) is 46.6 Å². The molecular formula is C15H27N3. The maximum atomic E-state index is 4.42. The second kappa shape index (κ2) is 5.27. The lowest BCUT2D eigenvalue weighted by molar-refractivity contribution is 0.197. The van der Waals surface area contributed by atoms with E-state index in [0.29, 0.717) is 0 Å². The molecule has 18 heavy (non-hydrogen) atoms. The monoisotopic (exact) mass is 249 g/mol. The average molecular weight is 249 g/mol. The van der Waals surface area contributed by atoms with E-state index in [2.05, 4.69) is 76.0 Å². The molecule has 0 radical (unpaired) electrons. The van der Waals surface area contributed by atoms with Crippen molar-refractivity contribution >= 4 is 5.82 Å². The van der Waals surface area contributed by atoms with Crippen molar-refractivity contribution in [1.82, 2.24) is 9.88 Å². The molecule has 3 heteroatoms. The summed E-state index contributed by atoms with van der Waals surface area (Å²) in [5.74, 6) is 0.953. The van der Waals surface area contributed by atoms with Gasteiger partial charge in [0.15, 0.2) is 0 Å². The molecule has 1 rings (SSSR count). The first-order valence-electron chi connectivity index (χ1n) is 6.61. The van der Waals surface area contributed by atoms with Crippen LogP contribution in [0.4, 0.5) is 5.82 Å². The van der Waals surface area contributed by atoms with E-state index in [1.807, 2.05) is 6.20 Å². The molecule has 0 unspecified atom stereocenters. The van der Waals surface area contributed by atoms with Crippen LogP contribution in [-0.2, 0) is 5.54 Å². The summed E-state index contributed by atoms with van der Waals surface area (Å²) in [6, 6.07) is 4.24. The molecule has 1 aromatic heterocycles. The van der Waals surface area contributed by atoms with Crippen LogP contribution in [-0.4, -0.2) is 29.5 Å². The van der Waals surface area contributed by atoms with Crippen molar-refractivity contribution in [1.29, 1.82) is 0 Å². The zero-order valence-corrected chi connectivity index (χ0v) is 12.8. The lowest BCUT2D eigenvalue weighted by atomic mass is 9.93. The van der Waals surface area contributed by atoms with E-state index in [-0.39, 0.29) is 11.1 Å². The molecule has 102 valence electrons. The first-order valence-corrected chi connectivity index (χ1v) is 6.61. The van der Waals surface area contributed by atoms with Gasteiger partial charge in [0.25, 0.3) is 0 Å². The molecule has 0 amide bonds. The lowest BCUT2D eigenvalue weighted by Gasteiger charge is -2.34. The molecule has 0 atom stereocenters. The number of nitrogens with zero attached hydrogens (tertiary/aromatic N) is 2. The van der Waals surface area contributed by atoms with Gasteiger partial charge >= 0.3 is 0 Å². The van der Waals surface area contributed by atoms with Crippen molar-refractivity contribution in [3.63, 3.8) is 0 Å². The molecular weight excluding hydrogens is 222 g/mol. The van der Waals surface area contributed by atoms with Gasteiger partial charge in [0, 0.05) is 17.3 Å². The van der Waals surface area contributed by atoms with Gasteiger partial charge < -0.3 is 10.2 Å². The van der Waals surface area contributed by atoms with Gasteiger partial charge in [-0.1, -0.05) is 6.92 Å². The Morgan fingerprint density at radius 1 is 1.22 bits per heavy atom. The van der Waals surface area contributed by atoms with Crippen LogP contribution in [0, 0.1) is 0 Å². The Labute approximate surface area is 112 Å². The van der Waals surface area contributed by atoms with Crippen LogP contribution in [0.15, 0.2) is 18.3 Å². The minimum Gasteiger partial charge on any atom is -0.365 e. The van der Waals surface area contributed by atoms with E-state index in [1.54, 1.807) is 0 Å². The van der Waals surface area contributed by atoms with E-state index in [9.17, 15) is 0 Å². The van der Waals surface area contributed by atoms with Crippen molar-refractivity contribution in [3.05, 3.63) is 23.9 Å². The molecule has 0 aliphatic rings. The van der Waals surface area contributed by atoms with Gasteiger partial charge in [-0.2, -0.15) is 0 Å². The third-order valence-corrected chi connectivity index (χ3v) is 3.93. The summed E-state index contributed by atoms with van der Waals surface area (Å²) in [7, 11) is 4.20. The number of nitrogens with one attached hydrogen (secondary N) is 1. The van der Waals surface area contributed by atoms with Crippen LogP contribution in [0.2, 0.25) is 0 Å². The Balaban J connectivity index is 3.00. The third kappa shape index (κ3) is 3.45. The van der Waals surface area contributed by atoms with Crippen LogP contribution in [0.3, 0.4) is 0 Å². The Morgan fingerprint density at radius 3 is 2.33 bits per heavy atom. The maximum absolute atomic E-state index is 4.42. The molecule has 1 N–H and O–H groups in total. The number of anilines is 1. The number of hydrogen-bond donors (Lipinski definition) is 1. The largest absolute Gasteiger partial charge is 0.365 e. The minimum absolute atomic E-state index is 0.00965. The first kappa shape index (κ1) is 15.0. The SMILES string of the molecule is CCC(C)(C)Nc1cc(C(C)(C)N(C)C)ccn1. The van der Waals surface area contributed by atoms with Gasteiger partial charge in [-0.15, -0.1) is 0 Å². The number of hydrogen-bond acceptors (Lipinski definition) is 3. The van der Waals surface area contributed by atoms with Crippen molar-refractivity contribution in [2.75, 3.05) is 19.4 Å². The predicted octanol–water partition coefficient (Wildman–Crippen LogP) is 3.48. The number of pyridine rings is 1. The molecule has 0 saturated heterocycles. The highest BCUT2D eigenvalue weighted by molar-refractivity contribution is 5.41. The highest BCUT2D eigenvalue weighted by atomic mass is 15.1. The fourth-order valence-corrected chi connectivity index (χ4v) is 1.57. The van der Waals surface area contributed by atoms with E-state index in [1.165, 1.54) is 5.56 Å². The van der Waals surface area contributed by atoms with Crippen LogP contribution >= 0.6 is 0 Å². The van der Waals surface area contributed by atoms with Gasteiger partial charge in [0.05, 0.1) is 0 Å². The Kier molecular flexibility index (Phi) is 4.38. The molecule has 0 aliphatic carbocycles. The molecule has 3 nitrogen and oxygen atoms in total. The van der Waals surface area contributed by atoms with Crippen molar-refractivity contribution in [3.8, 4) is 0 Å². The summed E-state index contributed by atoms with van der Waals surface area (Å²) in [5.41, 5.74) is 1.36. The zero-order valence-electron chi connectivity index (χ0n) is 12.8. The molecule has 0 bridgehead atoms. The van der Waals surface area contributed by atoms with Gasteiger partial charge in [-0.25, -0.2) is 4.98 Å². The summed E-state index contributed by atoms with van der Waals surface area (Å²) in [6.45, 7) is 11.0. The average Bonchev–Trinajstić information content (AvgIpc) is 2.28. The maximum Gasteiger partial charge on any atom is 0.126 e. The van der Waals surface area contributed by atoms with Gasteiger partial charge in [-0.3, -0.25) is 0 Å². The smallest absolute Gasteiger partial charge is 0.126 e. The summed E-state index contributed by atoms with van der Waals surface area (Å²) in [6.07, 6.45) is 2.95. The molecule has 0 spiro atoms. The molecule has 0 fully saturated rings. The third-order valence-electron chi connectivity index (χ3n) is 3.93. The Hall–Kier alpha value is -1.09. The molecule has 0 saturated carbocycles. The molecule has 0 aromatic carbocycles. The highest BCUT2D eigenvalue weighted by Crippen LogP contribution is 2.27. The van der Waals surface area contributed by atoms with E-state index >= 15 is 0 Å². The van der Waals surface area contributed by atoms with Gasteiger partial charge in [0.1, 0.15) is 5.82 Å². The van der Waals surface area contributed by atoms with Gasteiger partial charge in [0.2, 0.25) is 0 Å². The van der Waals surface area contributed by atoms with Crippen LogP contribution in [0.25, 0.3) is 0 Å². The highest BCUT2D eigenvalue weighted by Gasteiger charge is 2.24. The number of rotatable bonds is 5. The summed E-state index contributed by atoms with van der Waals surface area (Å²) in [5, 5.41) is 3.49. The Morgan fingerprint density at radius 2 is 1.83 bits per heavy atom. The summed E-state index contributed by atoms with van der Waals surface area (Å²) >= 11 is 0. The lowest BCUT2D eigenvalue weighted by Crippen LogP contribution is -2.35. The quantitative estimate of drug-likeness (QED) is 0.866. The molecule has 1 aromatic rings. The predicted molar refractivity (Wildman–Crippen MR) is 78.9 cm³/mol. The van der Waals surface area contributed by atoms with Crippen molar-refractivity contribution in [2.24, 2.45) is 0 Å².